The highest BCUT2D eigenvalue weighted by molar-refractivity contribution is 9.10. The zero-order valence-electron chi connectivity index (χ0n) is 9.01. The van der Waals surface area contributed by atoms with E-state index in [9.17, 15) is 22.2 Å². The molecule has 18 heavy (non-hydrogen) atoms. The van der Waals surface area contributed by atoms with Gasteiger partial charge in [-0.25, -0.2) is 0 Å². The molecule has 0 radical (unpaired) electrons. The summed E-state index contributed by atoms with van der Waals surface area (Å²) < 4.78 is 35.0. The lowest BCUT2D eigenvalue weighted by atomic mass is 10.3. The third-order valence-corrected chi connectivity index (χ3v) is 4.49. The van der Waals surface area contributed by atoms with Gasteiger partial charge in [-0.1, -0.05) is 0 Å². The van der Waals surface area contributed by atoms with Crippen LogP contribution in [-0.4, -0.2) is 31.2 Å². The van der Waals surface area contributed by atoms with Gasteiger partial charge in [0, 0.05) is 23.5 Å². The van der Waals surface area contributed by atoms with E-state index in [2.05, 4.69) is 15.9 Å². The number of aromatic hydroxyl groups is 1. The summed E-state index contributed by atoms with van der Waals surface area (Å²) in [5.41, 5.74) is 0.325. The Morgan fingerprint density at radius 1 is 1.44 bits per heavy atom. The summed E-state index contributed by atoms with van der Waals surface area (Å²) in [6.45, 7) is -0.250. The highest BCUT2D eigenvalue weighted by Gasteiger charge is 2.39. The summed E-state index contributed by atoms with van der Waals surface area (Å²) in [4.78, 5) is 12.8. The Morgan fingerprint density at radius 3 is 2.67 bits per heavy atom. The summed E-state index contributed by atoms with van der Waals surface area (Å²) in [5, 5.41) is 8.01. The normalized spacial score (nSPS) is 20.4. The zero-order chi connectivity index (χ0) is 13.5. The van der Waals surface area contributed by atoms with Gasteiger partial charge >= 0.3 is 10.2 Å². The van der Waals surface area contributed by atoms with Crippen LogP contribution < -0.4 is 4.90 Å². The average molecular weight is 338 g/mol. The van der Waals surface area contributed by atoms with Crippen molar-refractivity contribution in [3.8, 4) is 5.75 Å². The van der Waals surface area contributed by atoms with Crippen LogP contribution in [0, 0.1) is 0 Å². The predicted octanol–water partition coefficient (Wildman–Crippen LogP) is 1.56. The van der Waals surface area contributed by atoms with Gasteiger partial charge < -0.3 is 10.0 Å². The van der Waals surface area contributed by atoms with E-state index in [0.29, 0.717) is 10.2 Å². The van der Waals surface area contributed by atoms with Gasteiger partial charge in [0.15, 0.2) is 0 Å². The quantitative estimate of drug-likeness (QED) is 0.831. The molecular formula is C10H9BrFNO4S. The summed E-state index contributed by atoms with van der Waals surface area (Å²) in [7, 11) is -4.74. The van der Waals surface area contributed by atoms with E-state index in [1.807, 2.05) is 0 Å². The lowest BCUT2D eigenvalue weighted by Crippen LogP contribution is -2.27. The maximum atomic E-state index is 12.9. The minimum absolute atomic E-state index is 0.0624. The number of hydrogen-bond acceptors (Lipinski definition) is 4. The number of carbonyl (C=O) groups excluding carboxylic acids is 1. The molecule has 0 spiro atoms. The van der Waals surface area contributed by atoms with Gasteiger partial charge in [0.05, 0.1) is 5.69 Å². The Labute approximate surface area is 112 Å². The van der Waals surface area contributed by atoms with Crippen molar-refractivity contribution >= 4 is 37.7 Å². The fraction of sp³-hybridized carbons (Fsp3) is 0.300. The van der Waals surface area contributed by atoms with E-state index < -0.39 is 21.4 Å². The molecule has 1 fully saturated rings. The molecule has 2 rings (SSSR count). The fourth-order valence-electron chi connectivity index (χ4n) is 1.80. The Morgan fingerprint density at radius 2 is 2.11 bits per heavy atom. The maximum absolute atomic E-state index is 12.9. The molecule has 5 nitrogen and oxygen atoms in total. The lowest BCUT2D eigenvalue weighted by molar-refractivity contribution is -0.117. The molecule has 1 N–H and O–H groups in total. The monoisotopic (exact) mass is 337 g/mol. The van der Waals surface area contributed by atoms with Crippen molar-refractivity contribution in [3.05, 3.63) is 22.7 Å². The van der Waals surface area contributed by atoms with E-state index in [4.69, 9.17) is 0 Å². The van der Waals surface area contributed by atoms with Crippen LogP contribution in [0.5, 0.6) is 5.75 Å². The molecule has 0 bridgehead atoms. The topological polar surface area (TPSA) is 74.7 Å². The van der Waals surface area contributed by atoms with Gasteiger partial charge in [-0.3, -0.25) is 4.79 Å². The van der Waals surface area contributed by atoms with Crippen molar-refractivity contribution < 1.29 is 22.2 Å². The van der Waals surface area contributed by atoms with Crippen LogP contribution in [0.25, 0.3) is 0 Å². The minimum Gasteiger partial charge on any atom is -0.508 e. The van der Waals surface area contributed by atoms with Gasteiger partial charge in [0.25, 0.3) is 0 Å². The first-order chi connectivity index (χ1) is 8.29. The third-order valence-electron chi connectivity index (χ3n) is 2.71. The molecule has 1 saturated heterocycles. The van der Waals surface area contributed by atoms with Gasteiger partial charge in [0.1, 0.15) is 11.0 Å². The first-order valence-electron chi connectivity index (χ1n) is 5.01. The van der Waals surface area contributed by atoms with Gasteiger partial charge in [-0.05, 0) is 28.1 Å². The largest absolute Gasteiger partial charge is 0.508 e. The number of halogens is 2. The van der Waals surface area contributed by atoms with Crippen molar-refractivity contribution in [1.82, 2.24) is 0 Å². The number of hydrogen-bond donors (Lipinski definition) is 1. The SMILES string of the molecule is O=C1CC(S(=O)(=O)F)CN1c1cc(O)ccc1Br. The summed E-state index contributed by atoms with van der Waals surface area (Å²) >= 11 is 3.19. The Balaban J connectivity index is 2.35. The number of phenols is 1. The van der Waals surface area contributed by atoms with Crippen LogP contribution in [0.1, 0.15) is 6.42 Å². The van der Waals surface area contributed by atoms with Crippen LogP contribution in [0.15, 0.2) is 22.7 Å². The number of rotatable bonds is 2. The maximum Gasteiger partial charge on any atom is 0.307 e. The average Bonchev–Trinajstić information content (AvgIpc) is 2.64. The second-order valence-corrected chi connectivity index (χ2v) is 6.41. The number of amides is 1. The van der Waals surface area contributed by atoms with Crippen LogP contribution >= 0.6 is 15.9 Å². The summed E-state index contributed by atoms with van der Waals surface area (Å²) in [6.07, 6.45) is -0.388. The summed E-state index contributed by atoms with van der Waals surface area (Å²) in [5.74, 6) is -0.555. The lowest BCUT2D eigenvalue weighted by Gasteiger charge is -2.17. The van der Waals surface area contributed by atoms with E-state index in [-0.39, 0.29) is 18.7 Å². The van der Waals surface area contributed by atoms with Crippen molar-refractivity contribution in [2.45, 2.75) is 11.7 Å². The van der Waals surface area contributed by atoms with Crippen LogP contribution in [0.2, 0.25) is 0 Å². The number of anilines is 1. The second-order valence-electron chi connectivity index (χ2n) is 3.94. The molecule has 98 valence electrons. The van der Waals surface area contributed by atoms with Crippen molar-refractivity contribution in [3.63, 3.8) is 0 Å². The highest BCUT2D eigenvalue weighted by atomic mass is 79.9. The van der Waals surface area contributed by atoms with Crippen molar-refractivity contribution in [2.75, 3.05) is 11.4 Å². The van der Waals surface area contributed by atoms with Gasteiger partial charge in [-0.2, -0.15) is 8.42 Å². The number of phenolic OH excluding ortho intramolecular Hbond substituents is 1. The fourth-order valence-corrected chi connectivity index (χ4v) is 2.93. The van der Waals surface area contributed by atoms with E-state index in [1.54, 1.807) is 0 Å². The molecule has 1 aliphatic heterocycles. The molecule has 1 atom stereocenters. The highest BCUT2D eigenvalue weighted by Crippen LogP contribution is 2.34. The second kappa shape index (κ2) is 4.51. The molecule has 0 aromatic heterocycles. The molecule has 0 saturated carbocycles. The van der Waals surface area contributed by atoms with Gasteiger partial charge in [-0.15, -0.1) is 3.89 Å². The molecule has 1 aromatic carbocycles. The van der Waals surface area contributed by atoms with E-state index in [0.717, 1.165) is 4.90 Å². The first kappa shape index (κ1) is 13.3. The number of carbonyl (C=O) groups is 1. The smallest absolute Gasteiger partial charge is 0.307 e. The molecule has 0 aliphatic carbocycles. The van der Waals surface area contributed by atoms with Crippen LogP contribution in [-0.2, 0) is 15.0 Å². The van der Waals surface area contributed by atoms with E-state index in [1.165, 1.54) is 18.2 Å². The molecular weight excluding hydrogens is 329 g/mol. The first-order valence-corrected chi connectivity index (χ1v) is 7.25. The third kappa shape index (κ3) is 2.49. The Bertz CT molecular complexity index is 604. The van der Waals surface area contributed by atoms with Crippen LogP contribution in [0.4, 0.5) is 9.57 Å². The molecule has 1 aromatic rings. The Hall–Kier alpha value is -1.15. The van der Waals surface area contributed by atoms with E-state index >= 15 is 0 Å². The summed E-state index contributed by atoms with van der Waals surface area (Å²) in [6, 6.07) is 4.25. The Kier molecular flexibility index (Phi) is 3.33. The molecule has 1 heterocycles. The number of benzene rings is 1. The van der Waals surface area contributed by atoms with Crippen molar-refractivity contribution in [1.29, 1.82) is 0 Å². The zero-order valence-corrected chi connectivity index (χ0v) is 11.4. The predicted molar refractivity (Wildman–Crippen MR) is 66.6 cm³/mol. The standard InChI is InChI=1S/C10H9BrFNO4S/c11-8-2-1-6(14)3-9(8)13-5-7(4-10(13)15)18(12,16)17/h1-3,7,14H,4-5H2. The van der Waals surface area contributed by atoms with Gasteiger partial charge in [0.2, 0.25) is 5.91 Å². The van der Waals surface area contributed by atoms with Crippen LogP contribution in [0.3, 0.4) is 0 Å². The molecule has 1 aliphatic rings. The molecule has 8 heteroatoms. The number of nitrogens with zero attached hydrogens (tertiary/aromatic N) is 1. The molecule has 1 unspecified atom stereocenters. The minimum atomic E-state index is -4.74. The molecule has 1 amide bonds. The van der Waals surface area contributed by atoms with Crippen molar-refractivity contribution in [2.24, 2.45) is 0 Å².